The monoisotopic (exact) mass is 325 g/mol. The van der Waals surface area contributed by atoms with Crippen LogP contribution in [0.25, 0.3) is 0 Å². The van der Waals surface area contributed by atoms with Crippen molar-refractivity contribution in [1.29, 1.82) is 0 Å². The third-order valence-corrected chi connectivity index (χ3v) is 4.19. The van der Waals surface area contributed by atoms with E-state index in [4.69, 9.17) is 5.73 Å². The van der Waals surface area contributed by atoms with Gasteiger partial charge in [0.2, 0.25) is 11.1 Å². The van der Waals surface area contributed by atoms with Crippen molar-refractivity contribution >= 4 is 39.9 Å². The first kappa shape index (κ1) is 15.5. The summed E-state index contributed by atoms with van der Waals surface area (Å²) in [6.45, 7) is 2.06. The van der Waals surface area contributed by atoms with Gasteiger partial charge in [0.25, 0.3) is 5.91 Å². The Bertz CT molecular complexity index is 637. The number of H-pyrrole nitrogens is 1. The maximum absolute atomic E-state index is 11.8. The van der Waals surface area contributed by atoms with Crippen LogP contribution >= 0.6 is 23.1 Å². The highest BCUT2D eigenvalue weighted by molar-refractivity contribution is 7.99. The highest BCUT2D eigenvalue weighted by Crippen LogP contribution is 2.23. The van der Waals surface area contributed by atoms with Gasteiger partial charge in [-0.1, -0.05) is 18.7 Å². The number of carbonyl (C=O) groups is 2. The second kappa shape index (κ2) is 7.23. The van der Waals surface area contributed by atoms with Crippen LogP contribution in [0.1, 0.15) is 29.5 Å². The van der Waals surface area contributed by atoms with Crippen LogP contribution in [0.4, 0.5) is 5.00 Å². The molecule has 2 aromatic heterocycles. The van der Waals surface area contributed by atoms with Crippen LogP contribution < -0.4 is 11.1 Å². The molecule has 2 aromatic rings. The summed E-state index contributed by atoms with van der Waals surface area (Å²) in [5, 5.41) is 12.2. The zero-order chi connectivity index (χ0) is 15.2. The summed E-state index contributed by atoms with van der Waals surface area (Å²) in [7, 11) is 0. The Kier molecular flexibility index (Phi) is 5.34. The Hall–Kier alpha value is -1.87. The van der Waals surface area contributed by atoms with Gasteiger partial charge in [-0.05, 0) is 17.9 Å². The number of carbonyl (C=O) groups excluding carboxylic acids is 2. The predicted molar refractivity (Wildman–Crippen MR) is 82.6 cm³/mol. The SMILES string of the molecule is CCCc1nc(SCC(=O)Nc2sccc2C(N)=O)n[nH]1. The normalized spacial score (nSPS) is 10.5. The van der Waals surface area contributed by atoms with Crippen LogP contribution in [-0.2, 0) is 11.2 Å². The maximum Gasteiger partial charge on any atom is 0.251 e. The zero-order valence-electron chi connectivity index (χ0n) is 11.4. The fourth-order valence-electron chi connectivity index (χ4n) is 1.58. The number of aromatic amines is 1. The molecule has 0 spiro atoms. The van der Waals surface area contributed by atoms with Crippen LogP contribution in [0.15, 0.2) is 16.6 Å². The largest absolute Gasteiger partial charge is 0.366 e. The quantitative estimate of drug-likeness (QED) is 0.670. The summed E-state index contributed by atoms with van der Waals surface area (Å²) in [5.74, 6) is 0.193. The second-order valence-corrected chi connectivity index (χ2v) is 6.04. The van der Waals surface area contributed by atoms with Gasteiger partial charge in [-0.15, -0.1) is 16.4 Å². The molecule has 0 saturated carbocycles. The predicted octanol–water partition coefficient (Wildman–Crippen LogP) is 1.65. The van der Waals surface area contributed by atoms with Gasteiger partial charge < -0.3 is 11.1 Å². The Morgan fingerprint density at radius 3 is 3.05 bits per heavy atom. The first-order valence-electron chi connectivity index (χ1n) is 6.31. The lowest BCUT2D eigenvalue weighted by molar-refractivity contribution is -0.113. The summed E-state index contributed by atoms with van der Waals surface area (Å²) in [6.07, 6.45) is 1.81. The number of nitrogens with two attached hydrogens (primary N) is 1. The molecule has 0 bridgehead atoms. The van der Waals surface area contributed by atoms with Gasteiger partial charge in [0.1, 0.15) is 10.8 Å². The lowest BCUT2D eigenvalue weighted by Gasteiger charge is -2.02. The third-order valence-electron chi connectivity index (χ3n) is 2.51. The minimum absolute atomic E-state index is 0.166. The minimum atomic E-state index is -0.558. The smallest absolute Gasteiger partial charge is 0.251 e. The molecule has 0 aliphatic heterocycles. The van der Waals surface area contributed by atoms with Crippen molar-refractivity contribution in [2.24, 2.45) is 5.73 Å². The second-order valence-electron chi connectivity index (χ2n) is 4.18. The number of amides is 2. The summed E-state index contributed by atoms with van der Waals surface area (Å²) < 4.78 is 0. The van der Waals surface area contributed by atoms with E-state index in [0.29, 0.717) is 15.7 Å². The van der Waals surface area contributed by atoms with Crippen LogP contribution in [0.3, 0.4) is 0 Å². The van der Waals surface area contributed by atoms with Crippen LogP contribution in [-0.4, -0.2) is 32.7 Å². The lowest BCUT2D eigenvalue weighted by Crippen LogP contribution is -2.17. The van der Waals surface area contributed by atoms with E-state index in [1.54, 1.807) is 11.4 Å². The number of nitrogens with zero attached hydrogens (tertiary/aromatic N) is 2. The number of aromatic nitrogens is 3. The van der Waals surface area contributed by atoms with Gasteiger partial charge in [0, 0.05) is 6.42 Å². The molecule has 0 fully saturated rings. The molecule has 2 rings (SSSR count). The van der Waals surface area contributed by atoms with E-state index in [1.165, 1.54) is 23.1 Å². The van der Waals surface area contributed by atoms with Crippen LogP contribution in [0, 0.1) is 0 Å². The molecule has 21 heavy (non-hydrogen) atoms. The third kappa shape index (κ3) is 4.30. The van der Waals surface area contributed by atoms with Gasteiger partial charge in [0.15, 0.2) is 0 Å². The molecule has 2 amide bonds. The van der Waals surface area contributed by atoms with Crippen molar-refractivity contribution in [1.82, 2.24) is 15.2 Å². The summed E-state index contributed by atoms with van der Waals surface area (Å²) in [5.41, 5.74) is 5.54. The Morgan fingerprint density at radius 1 is 1.52 bits per heavy atom. The van der Waals surface area contributed by atoms with Crippen LogP contribution in [0.2, 0.25) is 0 Å². The molecule has 9 heteroatoms. The molecule has 0 aromatic carbocycles. The van der Waals surface area contributed by atoms with Crippen LogP contribution in [0.5, 0.6) is 0 Å². The van der Waals surface area contributed by atoms with Gasteiger partial charge >= 0.3 is 0 Å². The lowest BCUT2D eigenvalue weighted by atomic mass is 10.3. The first-order valence-corrected chi connectivity index (χ1v) is 8.18. The summed E-state index contributed by atoms with van der Waals surface area (Å²) >= 11 is 2.49. The van der Waals surface area contributed by atoms with Gasteiger partial charge in [-0.25, -0.2) is 4.98 Å². The van der Waals surface area contributed by atoms with Gasteiger partial charge in [-0.3, -0.25) is 14.7 Å². The number of hydrogen-bond donors (Lipinski definition) is 3. The standard InChI is InChI=1S/C12H15N5O2S2/c1-2-3-8-14-12(17-16-8)21-6-9(18)15-11-7(10(13)19)4-5-20-11/h4-5H,2-3,6H2,1H3,(H2,13,19)(H,15,18)(H,14,16,17). The topological polar surface area (TPSA) is 114 Å². The molecule has 0 saturated heterocycles. The van der Waals surface area contributed by atoms with Gasteiger partial charge in [-0.2, -0.15) is 0 Å². The number of thiophene rings is 1. The summed E-state index contributed by atoms with van der Waals surface area (Å²) in [4.78, 5) is 27.3. The van der Waals surface area contributed by atoms with Crippen molar-refractivity contribution < 1.29 is 9.59 Å². The number of thioether (sulfide) groups is 1. The van der Waals surface area contributed by atoms with E-state index in [2.05, 4.69) is 27.4 Å². The van der Waals surface area contributed by atoms with E-state index < -0.39 is 5.91 Å². The molecule has 2 heterocycles. The van der Waals surface area contributed by atoms with E-state index in [9.17, 15) is 9.59 Å². The number of rotatable bonds is 7. The Balaban J connectivity index is 1.86. The molecular formula is C12H15N5O2S2. The van der Waals surface area contributed by atoms with Crippen molar-refractivity contribution in [3.63, 3.8) is 0 Å². The number of aryl methyl sites for hydroxylation is 1. The molecule has 0 radical (unpaired) electrons. The molecule has 0 aliphatic carbocycles. The number of anilines is 1. The molecule has 4 N–H and O–H groups in total. The molecule has 0 unspecified atom stereocenters. The van der Waals surface area contributed by atoms with E-state index >= 15 is 0 Å². The minimum Gasteiger partial charge on any atom is -0.366 e. The van der Waals surface area contributed by atoms with Crippen molar-refractivity contribution in [2.45, 2.75) is 24.9 Å². The van der Waals surface area contributed by atoms with Crippen molar-refractivity contribution in [3.05, 3.63) is 22.8 Å². The maximum atomic E-state index is 11.8. The number of nitrogens with one attached hydrogen (secondary N) is 2. The molecule has 0 aliphatic rings. The fraction of sp³-hybridized carbons (Fsp3) is 0.333. The zero-order valence-corrected chi connectivity index (χ0v) is 13.0. The molecule has 112 valence electrons. The molecule has 7 nitrogen and oxygen atoms in total. The molecular weight excluding hydrogens is 310 g/mol. The van der Waals surface area contributed by atoms with Crippen molar-refractivity contribution in [3.8, 4) is 0 Å². The number of hydrogen-bond acceptors (Lipinski definition) is 6. The van der Waals surface area contributed by atoms with E-state index in [1.807, 2.05) is 0 Å². The Labute approximate surface area is 129 Å². The highest BCUT2D eigenvalue weighted by Gasteiger charge is 2.13. The van der Waals surface area contributed by atoms with Gasteiger partial charge in [0.05, 0.1) is 11.3 Å². The average molecular weight is 325 g/mol. The number of primary amides is 1. The average Bonchev–Trinajstić information content (AvgIpc) is 3.06. The fourth-order valence-corrected chi connectivity index (χ4v) is 3.01. The van der Waals surface area contributed by atoms with Crippen molar-refractivity contribution in [2.75, 3.05) is 11.1 Å². The summed E-state index contributed by atoms with van der Waals surface area (Å²) in [6, 6.07) is 1.59. The molecule has 0 atom stereocenters. The van der Waals surface area contributed by atoms with E-state index in [0.717, 1.165) is 18.7 Å². The Morgan fingerprint density at radius 2 is 2.33 bits per heavy atom. The first-order chi connectivity index (χ1) is 10.1. The van der Waals surface area contributed by atoms with E-state index in [-0.39, 0.29) is 11.7 Å². The highest BCUT2D eigenvalue weighted by atomic mass is 32.2.